The summed E-state index contributed by atoms with van der Waals surface area (Å²) in [5.74, 6) is 0.551. The van der Waals surface area contributed by atoms with Gasteiger partial charge >= 0.3 is 0 Å². The van der Waals surface area contributed by atoms with Gasteiger partial charge in [-0.05, 0) is 75.0 Å². The molecule has 1 amide bonds. The van der Waals surface area contributed by atoms with Crippen molar-refractivity contribution in [2.45, 2.75) is 51.0 Å². The van der Waals surface area contributed by atoms with Crippen molar-refractivity contribution in [2.24, 2.45) is 17.3 Å². The van der Waals surface area contributed by atoms with Crippen molar-refractivity contribution >= 4 is 11.6 Å². The maximum Gasteiger partial charge on any atom is 0.230 e. The molecule has 2 N–H and O–H groups in total. The van der Waals surface area contributed by atoms with Crippen LogP contribution in [-0.4, -0.2) is 16.6 Å². The second-order valence-electron chi connectivity index (χ2n) is 7.88. The SMILES string of the molecule is Cc1ccc(F)cc1NC(=O)C12C[C@H]3C[C@@H](CC(O)(C3)C1)C2. The fraction of sp³-hybridized carbons (Fsp3) is 0.611. The molecule has 118 valence electrons. The van der Waals surface area contributed by atoms with Gasteiger partial charge in [0, 0.05) is 5.69 Å². The number of halogens is 1. The van der Waals surface area contributed by atoms with Crippen molar-refractivity contribution in [2.75, 3.05) is 5.32 Å². The van der Waals surface area contributed by atoms with Gasteiger partial charge in [-0.1, -0.05) is 6.07 Å². The van der Waals surface area contributed by atoms with Crippen LogP contribution in [0.25, 0.3) is 0 Å². The standard InChI is InChI=1S/C18H22FNO2/c1-11-2-3-14(19)5-15(11)20-16(21)17-6-12-4-13(7-17)9-18(22,8-12)10-17/h2-3,5,12-13,22H,4,6-10H2,1H3,(H,20,21)/t12-,13-,17?,18?/m1/s1. The molecule has 2 atom stereocenters. The first kappa shape index (κ1) is 14.2. The molecule has 0 aliphatic heterocycles. The summed E-state index contributed by atoms with van der Waals surface area (Å²) < 4.78 is 13.4. The van der Waals surface area contributed by atoms with Gasteiger partial charge in [0.05, 0.1) is 11.0 Å². The molecular weight excluding hydrogens is 281 g/mol. The monoisotopic (exact) mass is 303 g/mol. The van der Waals surface area contributed by atoms with Gasteiger partial charge in [-0.2, -0.15) is 0 Å². The Morgan fingerprint density at radius 2 is 1.95 bits per heavy atom. The minimum Gasteiger partial charge on any atom is -0.390 e. The maximum atomic E-state index is 13.4. The molecule has 0 saturated heterocycles. The lowest BCUT2D eigenvalue weighted by atomic mass is 9.47. The van der Waals surface area contributed by atoms with E-state index in [4.69, 9.17) is 0 Å². The molecule has 1 aromatic rings. The molecule has 5 rings (SSSR count). The summed E-state index contributed by atoms with van der Waals surface area (Å²) in [6.45, 7) is 1.86. The Labute approximate surface area is 129 Å². The zero-order valence-electron chi connectivity index (χ0n) is 12.9. The number of hydrogen-bond acceptors (Lipinski definition) is 2. The average molecular weight is 303 g/mol. The van der Waals surface area contributed by atoms with Crippen LogP contribution in [0, 0.1) is 30.0 Å². The van der Waals surface area contributed by atoms with E-state index in [1.54, 1.807) is 6.07 Å². The molecule has 4 saturated carbocycles. The predicted molar refractivity (Wildman–Crippen MR) is 81.8 cm³/mol. The Kier molecular flexibility index (Phi) is 2.93. The van der Waals surface area contributed by atoms with E-state index in [0.29, 0.717) is 23.9 Å². The number of carbonyl (C=O) groups excluding carboxylic acids is 1. The van der Waals surface area contributed by atoms with Crippen LogP contribution in [-0.2, 0) is 4.79 Å². The minimum absolute atomic E-state index is 0.0336. The molecular formula is C18H22FNO2. The van der Waals surface area contributed by atoms with E-state index in [-0.39, 0.29) is 11.7 Å². The summed E-state index contributed by atoms with van der Waals surface area (Å²) in [6, 6.07) is 4.46. The third kappa shape index (κ3) is 2.16. The normalized spacial score (nSPS) is 39.0. The van der Waals surface area contributed by atoms with Gasteiger partial charge in [0.15, 0.2) is 0 Å². The van der Waals surface area contributed by atoms with Crippen LogP contribution in [0.2, 0.25) is 0 Å². The van der Waals surface area contributed by atoms with E-state index in [1.807, 2.05) is 6.92 Å². The zero-order valence-corrected chi connectivity index (χ0v) is 12.9. The Morgan fingerprint density at radius 3 is 2.59 bits per heavy atom. The molecule has 4 fully saturated rings. The van der Waals surface area contributed by atoms with Crippen LogP contribution in [0.15, 0.2) is 18.2 Å². The van der Waals surface area contributed by atoms with Crippen molar-refractivity contribution in [1.29, 1.82) is 0 Å². The third-order valence-electron chi connectivity index (χ3n) is 5.96. The Morgan fingerprint density at radius 1 is 1.27 bits per heavy atom. The van der Waals surface area contributed by atoms with Crippen molar-refractivity contribution in [1.82, 2.24) is 0 Å². The van der Waals surface area contributed by atoms with E-state index in [0.717, 1.165) is 37.7 Å². The van der Waals surface area contributed by atoms with Crippen LogP contribution in [0.4, 0.5) is 10.1 Å². The van der Waals surface area contributed by atoms with Crippen molar-refractivity contribution in [3.8, 4) is 0 Å². The number of anilines is 1. The van der Waals surface area contributed by atoms with E-state index in [2.05, 4.69) is 5.32 Å². The van der Waals surface area contributed by atoms with Crippen LogP contribution < -0.4 is 5.32 Å². The number of benzene rings is 1. The lowest BCUT2D eigenvalue weighted by Crippen LogP contribution is -2.59. The highest BCUT2D eigenvalue weighted by Gasteiger charge is 2.60. The first-order valence-electron chi connectivity index (χ1n) is 8.18. The van der Waals surface area contributed by atoms with Gasteiger partial charge in [0.2, 0.25) is 5.91 Å². The summed E-state index contributed by atoms with van der Waals surface area (Å²) in [5, 5.41) is 13.7. The minimum atomic E-state index is -0.654. The second-order valence-corrected chi connectivity index (χ2v) is 7.88. The predicted octanol–water partition coefficient (Wildman–Crippen LogP) is 3.40. The molecule has 3 nitrogen and oxygen atoms in total. The number of nitrogens with one attached hydrogen (secondary N) is 1. The van der Waals surface area contributed by atoms with Gasteiger partial charge in [-0.3, -0.25) is 4.79 Å². The molecule has 4 bridgehead atoms. The van der Waals surface area contributed by atoms with Gasteiger partial charge < -0.3 is 10.4 Å². The molecule has 4 heteroatoms. The van der Waals surface area contributed by atoms with Gasteiger partial charge in [-0.25, -0.2) is 4.39 Å². The number of rotatable bonds is 2. The van der Waals surface area contributed by atoms with E-state index in [9.17, 15) is 14.3 Å². The smallest absolute Gasteiger partial charge is 0.230 e. The van der Waals surface area contributed by atoms with Crippen LogP contribution >= 0.6 is 0 Å². The second kappa shape index (κ2) is 4.54. The summed E-state index contributed by atoms with van der Waals surface area (Å²) in [7, 11) is 0. The fourth-order valence-electron chi connectivity index (χ4n) is 5.46. The number of carbonyl (C=O) groups is 1. The molecule has 0 aromatic heterocycles. The number of aryl methyl sites for hydroxylation is 1. The first-order chi connectivity index (χ1) is 10.4. The van der Waals surface area contributed by atoms with E-state index < -0.39 is 11.0 Å². The summed E-state index contributed by atoms with van der Waals surface area (Å²) in [4.78, 5) is 12.9. The highest BCUT2D eigenvalue weighted by atomic mass is 19.1. The molecule has 0 spiro atoms. The van der Waals surface area contributed by atoms with Crippen LogP contribution in [0.1, 0.15) is 44.1 Å². The van der Waals surface area contributed by atoms with Gasteiger partial charge in [-0.15, -0.1) is 0 Å². The number of hydrogen-bond donors (Lipinski definition) is 2. The zero-order chi connectivity index (χ0) is 15.5. The third-order valence-corrected chi connectivity index (χ3v) is 5.96. The topological polar surface area (TPSA) is 49.3 Å². The largest absolute Gasteiger partial charge is 0.390 e. The van der Waals surface area contributed by atoms with E-state index in [1.165, 1.54) is 12.1 Å². The highest BCUT2D eigenvalue weighted by molar-refractivity contribution is 5.96. The van der Waals surface area contributed by atoms with Crippen LogP contribution in [0.5, 0.6) is 0 Å². The molecule has 0 radical (unpaired) electrons. The van der Waals surface area contributed by atoms with Crippen molar-refractivity contribution < 1.29 is 14.3 Å². The van der Waals surface area contributed by atoms with Gasteiger partial charge in [0.1, 0.15) is 5.82 Å². The maximum absolute atomic E-state index is 13.4. The summed E-state index contributed by atoms with van der Waals surface area (Å²) in [5.41, 5.74) is 0.293. The molecule has 4 aliphatic rings. The van der Waals surface area contributed by atoms with Crippen molar-refractivity contribution in [3.05, 3.63) is 29.6 Å². The lowest BCUT2D eigenvalue weighted by molar-refractivity contribution is -0.174. The quantitative estimate of drug-likeness (QED) is 0.879. The average Bonchev–Trinajstić information content (AvgIpc) is 2.40. The fourth-order valence-corrected chi connectivity index (χ4v) is 5.46. The Balaban J connectivity index is 1.61. The molecule has 1 aromatic carbocycles. The molecule has 4 aliphatic carbocycles. The van der Waals surface area contributed by atoms with E-state index >= 15 is 0 Å². The first-order valence-corrected chi connectivity index (χ1v) is 8.18. The van der Waals surface area contributed by atoms with Crippen molar-refractivity contribution in [3.63, 3.8) is 0 Å². The molecule has 22 heavy (non-hydrogen) atoms. The Bertz CT molecular complexity index is 628. The number of aliphatic hydroxyl groups is 1. The summed E-state index contributed by atoms with van der Waals surface area (Å²) >= 11 is 0. The lowest BCUT2D eigenvalue weighted by Gasteiger charge is -2.59. The molecule has 0 unspecified atom stereocenters. The van der Waals surface area contributed by atoms with Gasteiger partial charge in [0.25, 0.3) is 0 Å². The molecule has 0 heterocycles. The Hall–Kier alpha value is -1.42. The highest BCUT2D eigenvalue weighted by Crippen LogP contribution is 2.61. The summed E-state index contributed by atoms with van der Waals surface area (Å²) in [6.07, 6.45) is 5.14. The number of amides is 1. The van der Waals surface area contributed by atoms with Crippen LogP contribution in [0.3, 0.4) is 0 Å².